The molecule has 0 radical (unpaired) electrons. The molecule has 4 heterocycles. The molecule has 0 amide bonds. The summed E-state index contributed by atoms with van der Waals surface area (Å²) in [5.74, 6) is 1.13. The summed E-state index contributed by atoms with van der Waals surface area (Å²) in [5, 5.41) is 5.80. The van der Waals surface area contributed by atoms with E-state index in [4.69, 9.17) is 4.99 Å². The normalized spacial score (nSPS) is 24.5. The molecule has 0 spiro atoms. The van der Waals surface area contributed by atoms with Gasteiger partial charge in [0.25, 0.3) is 0 Å². The van der Waals surface area contributed by atoms with Gasteiger partial charge in [-0.3, -0.25) is 14.8 Å². The fraction of sp³-hybridized carbons (Fsp3) is 0.792. The number of nitrogens with zero attached hydrogens (tertiary/aromatic N) is 5. The highest BCUT2D eigenvalue weighted by atomic mass is 32.1. The first kappa shape index (κ1) is 23.0. The lowest BCUT2D eigenvalue weighted by molar-refractivity contribution is 0.0206. The quantitative estimate of drug-likeness (QED) is 0.537. The maximum atomic E-state index is 5.29. The molecule has 7 heteroatoms. The number of thiophene rings is 1. The number of rotatable bonds is 6. The second-order valence-electron chi connectivity index (χ2n) is 9.59. The number of piperidine rings is 2. The van der Waals surface area contributed by atoms with Crippen molar-refractivity contribution in [1.29, 1.82) is 0 Å². The zero-order chi connectivity index (χ0) is 21.5. The summed E-state index contributed by atoms with van der Waals surface area (Å²) < 4.78 is 0. The molecule has 0 aromatic carbocycles. The van der Waals surface area contributed by atoms with Crippen LogP contribution >= 0.6 is 11.3 Å². The van der Waals surface area contributed by atoms with Crippen LogP contribution in [0.25, 0.3) is 0 Å². The molecular weight excluding hydrogens is 404 g/mol. The van der Waals surface area contributed by atoms with Gasteiger partial charge in [0.1, 0.15) is 0 Å². The van der Waals surface area contributed by atoms with E-state index < -0.39 is 0 Å². The van der Waals surface area contributed by atoms with E-state index in [-0.39, 0.29) is 5.54 Å². The van der Waals surface area contributed by atoms with Crippen molar-refractivity contribution in [2.24, 2.45) is 4.99 Å². The van der Waals surface area contributed by atoms with Gasteiger partial charge in [0, 0.05) is 49.7 Å². The van der Waals surface area contributed by atoms with Crippen molar-refractivity contribution in [3.63, 3.8) is 0 Å². The molecule has 3 fully saturated rings. The maximum absolute atomic E-state index is 5.29. The van der Waals surface area contributed by atoms with Gasteiger partial charge in [-0.2, -0.15) is 0 Å². The molecule has 174 valence electrons. The molecular formula is C24H42N6S. The molecule has 3 saturated heterocycles. The van der Waals surface area contributed by atoms with E-state index in [1.807, 2.05) is 11.3 Å². The standard InChI is InChI=1S/C24H42N6S/c1-3-25-23(29-17-15-28(16-18-29)20-22-8-7-19-31-22)26-21-24(9-13-27(2)14-10-24)30-11-5-4-6-12-30/h7-8,19H,3-6,9-18,20-21H2,1-2H3,(H,25,26). The monoisotopic (exact) mass is 446 g/mol. The largest absolute Gasteiger partial charge is 0.357 e. The Hall–Kier alpha value is -1.15. The second-order valence-corrected chi connectivity index (χ2v) is 10.6. The minimum absolute atomic E-state index is 0.259. The van der Waals surface area contributed by atoms with E-state index in [0.29, 0.717) is 0 Å². The van der Waals surface area contributed by atoms with Crippen LogP contribution in [-0.4, -0.2) is 104 Å². The molecule has 0 bridgehead atoms. The summed E-state index contributed by atoms with van der Waals surface area (Å²) in [5.41, 5.74) is 0.259. The van der Waals surface area contributed by atoms with Gasteiger partial charge in [-0.15, -0.1) is 11.3 Å². The van der Waals surface area contributed by atoms with Crippen LogP contribution in [0.15, 0.2) is 22.5 Å². The van der Waals surface area contributed by atoms with Crippen molar-refractivity contribution >= 4 is 17.3 Å². The molecule has 0 unspecified atom stereocenters. The van der Waals surface area contributed by atoms with Crippen molar-refractivity contribution in [2.75, 3.05) is 72.5 Å². The van der Waals surface area contributed by atoms with E-state index in [0.717, 1.165) is 51.8 Å². The van der Waals surface area contributed by atoms with Gasteiger partial charge < -0.3 is 15.1 Å². The first-order valence-corrected chi connectivity index (χ1v) is 13.3. The molecule has 1 aromatic heterocycles. The second kappa shape index (κ2) is 11.1. The Morgan fingerprint density at radius 3 is 2.42 bits per heavy atom. The Labute approximate surface area is 193 Å². The summed E-state index contributed by atoms with van der Waals surface area (Å²) in [7, 11) is 2.27. The molecule has 0 atom stereocenters. The third-order valence-electron chi connectivity index (χ3n) is 7.43. The number of aliphatic imine (C=N–C) groups is 1. The molecule has 0 saturated carbocycles. The zero-order valence-electron chi connectivity index (χ0n) is 19.7. The van der Waals surface area contributed by atoms with E-state index in [1.165, 1.54) is 63.2 Å². The summed E-state index contributed by atoms with van der Waals surface area (Å²) >= 11 is 1.87. The van der Waals surface area contributed by atoms with Crippen LogP contribution < -0.4 is 5.32 Å². The molecule has 6 nitrogen and oxygen atoms in total. The predicted octanol–water partition coefficient (Wildman–Crippen LogP) is 2.78. The van der Waals surface area contributed by atoms with Crippen LogP contribution in [0.5, 0.6) is 0 Å². The fourth-order valence-corrected chi connectivity index (χ4v) is 6.11. The Morgan fingerprint density at radius 2 is 1.77 bits per heavy atom. The summed E-state index contributed by atoms with van der Waals surface area (Å²) in [6.45, 7) is 14.4. The third-order valence-corrected chi connectivity index (χ3v) is 8.30. The number of nitrogens with one attached hydrogen (secondary N) is 1. The van der Waals surface area contributed by atoms with Crippen LogP contribution in [0, 0.1) is 0 Å². The SMILES string of the molecule is CCNC(=NCC1(N2CCCCC2)CCN(C)CC1)N1CCN(Cc2cccs2)CC1. The van der Waals surface area contributed by atoms with Crippen LogP contribution in [0.4, 0.5) is 0 Å². The van der Waals surface area contributed by atoms with Crippen LogP contribution in [0.3, 0.4) is 0 Å². The van der Waals surface area contributed by atoms with Gasteiger partial charge in [-0.25, -0.2) is 0 Å². The highest BCUT2D eigenvalue weighted by Gasteiger charge is 2.39. The maximum Gasteiger partial charge on any atom is 0.194 e. The first-order valence-electron chi connectivity index (χ1n) is 12.4. The summed E-state index contributed by atoms with van der Waals surface area (Å²) in [6, 6.07) is 4.41. The fourth-order valence-electron chi connectivity index (χ4n) is 5.37. The first-order chi connectivity index (χ1) is 15.2. The minimum atomic E-state index is 0.259. The Morgan fingerprint density at radius 1 is 1.03 bits per heavy atom. The van der Waals surface area contributed by atoms with E-state index in [2.05, 4.69) is 56.4 Å². The molecule has 0 aliphatic carbocycles. The van der Waals surface area contributed by atoms with Crippen LogP contribution in [0.2, 0.25) is 0 Å². The number of guanidine groups is 1. The predicted molar refractivity (Wildman–Crippen MR) is 132 cm³/mol. The summed E-state index contributed by atoms with van der Waals surface area (Å²) in [4.78, 5) is 17.1. The third kappa shape index (κ3) is 6.01. The van der Waals surface area contributed by atoms with E-state index in [1.54, 1.807) is 0 Å². The topological polar surface area (TPSA) is 37.4 Å². The molecule has 1 aromatic rings. The van der Waals surface area contributed by atoms with Crippen molar-refractivity contribution < 1.29 is 0 Å². The number of hydrogen-bond donors (Lipinski definition) is 1. The highest BCUT2D eigenvalue weighted by Crippen LogP contribution is 2.32. The van der Waals surface area contributed by atoms with Gasteiger partial charge in [-0.1, -0.05) is 12.5 Å². The van der Waals surface area contributed by atoms with Crippen molar-refractivity contribution in [3.8, 4) is 0 Å². The summed E-state index contributed by atoms with van der Waals surface area (Å²) in [6.07, 6.45) is 6.61. The lowest BCUT2D eigenvalue weighted by atomic mass is 9.84. The number of likely N-dealkylation sites (tertiary alicyclic amines) is 2. The number of hydrogen-bond acceptors (Lipinski definition) is 5. The van der Waals surface area contributed by atoms with E-state index in [9.17, 15) is 0 Å². The molecule has 4 rings (SSSR count). The van der Waals surface area contributed by atoms with Crippen LogP contribution in [0.1, 0.15) is 43.9 Å². The molecule has 31 heavy (non-hydrogen) atoms. The molecule has 1 N–H and O–H groups in total. The highest BCUT2D eigenvalue weighted by molar-refractivity contribution is 7.09. The van der Waals surface area contributed by atoms with Crippen molar-refractivity contribution in [2.45, 2.75) is 51.1 Å². The lowest BCUT2D eigenvalue weighted by Crippen LogP contribution is -2.59. The number of piperazine rings is 1. The van der Waals surface area contributed by atoms with Crippen molar-refractivity contribution in [1.82, 2.24) is 24.9 Å². The average Bonchev–Trinajstić information content (AvgIpc) is 3.32. The Kier molecular flexibility index (Phi) is 8.26. The molecule has 3 aliphatic heterocycles. The van der Waals surface area contributed by atoms with Crippen molar-refractivity contribution in [3.05, 3.63) is 22.4 Å². The van der Waals surface area contributed by atoms with Gasteiger partial charge >= 0.3 is 0 Å². The van der Waals surface area contributed by atoms with Crippen LogP contribution in [-0.2, 0) is 6.54 Å². The average molecular weight is 447 g/mol. The van der Waals surface area contributed by atoms with Gasteiger partial charge in [-0.05, 0) is 77.3 Å². The Bertz CT molecular complexity index is 668. The minimum Gasteiger partial charge on any atom is -0.357 e. The van der Waals surface area contributed by atoms with Gasteiger partial charge in [0.2, 0.25) is 0 Å². The Balaban J connectivity index is 1.39. The lowest BCUT2D eigenvalue weighted by Gasteiger charge is -2.49. The van der Waals surface area contributed by atoms with Gasteiger partial charge in [0.05, 0.1) is 6.54 Å². The van der Waals surface area contributed by atoms with E-state index >= 15 is 0 Å². The van der Waals surface area contributed by atoms with Gasteiger partial charge in [0.15, 0.2) is 5.96 Å². The zero-order valence-corrected chi connectivity index (χ0v) is 20.5. The smallest absolute Gasteiger partial charge is 0.194 e. The molecule has 3 aliphatic rings.